The number of carbonyl (C=O) groups is 4. The molecule has 0 saturated carbocycles. The maximum atomic E-state index is 14.5. The number of amides is 3. The van der Waals surface area contributed by atoms with Crippen LogP contribution in [0, 0.1) is 33.1 Å². The number of aliphatic hydroxyl groups is 1. The van der Waals surface area contributed by atoms with E-state index in [1.165, 1.54) is 12.0 Å². The molecule has 66 heavy (non-hydrogen) atoms. The maximum absolute atomic E-state index is 14.5. The lowest BCUT2D eigenvalue weighted by atomic mass is 9.85. The van der Waals surface area contributed by atoms with Crippen molar-refractivity contribution < 1.29 is 29.0 Å². The molecule has 3 aromatic heterocycles. The van der Waals surface area contributed by atoms with E-state index in [1.54, 1.807) is 40.9 Å². The molecule has 8 rings (SSSR count). The van der Waals surface area contributed by atoms with Crippen LogP contribution in [0.2, 0.25) is 0 Å². The lowest BCUT2D eigenvalue weighted by molar-refractivity contribution is -0.142. The second-order valence-corrected chi connectivity index (χ2v) is 20.2. The number of rotatable bonds is 11. The fourth-order valence-corrected chi connectivity index (χ4v) is 10.7. The highest BCUT2D eigenvalue weighted by atomic mass is 32.1. The van der Waals surface area contributed by atoms with Crippen molar-refractivity contribution in [1.82, 2.24) is 35.3 Å². The van der Waals surface area contributed by atoms with Gasteiger partial charge < -0.3 is 25.4 Å². The van der Waals surface area contributed by atoms with Gasteiger partial charge in [-0.15, -0.1) is 32.9 Å². The van der Waals surface area contributed by atoms with Crippen molar-refractivity contribution in [1.29, 1.82) is 0 Å². The van der Waals surface area contributed by atoms with Crippen LogP contribution in [0.5, 0.6) is 0 Å². The molecule has 342 valence electrons. The third-order valence-electron chi connectivity index (χ3n) is 12.5. The average Bonchev–Trinajstić information content (AvgIpc) is 4.07. The first-order valence-electron chi connectivity index (χ1n) is 21.9. The van der Waals surface area contributed by atoms with E-state index < -0.39 is 47.4 Å². The highest BCUT2D eigenvalue weighted by molar-refractivity contribution is 7.15. The van der Waals surface area contributed by atoms with Crippen LogP contribution in [-0.2, 0) is 19.1 Å². The second kappa shape index (κ2) is 18.5. The van der Waals surface area contributed by atoms with Crippen molar-refractivity contribution in [3.05, 3.63) is 128 Å². The van der Waals surface area contributed by atoms with Crippen LogP contribution in [0.3, 0.4) is 0 Å². The summed E-state index contributed by atoms with van der Waals surface area (Å²) in [6, 6.07) is 20.1. The number of esters is 1. The number of aromatic nitrogens is 4. The molecule has 1 saturated heterocycles. The number of thiophene rings is 1. The molecule has 0 spiro atoms. The molecule has 1 fully saturated rings. The Bertz CT molecular complexity index is 2860. The molecule has 16 heteroatoms. The minimum absolute atomic E-state index is 0.000243. The van der Waals surface area contributed by atoms with E-state index >= 15 is 0 Å². The Balaban J connectivity index is 0.994. The molecule has 5 atom stereocenters. The van der Waals surface area contributed by atoms with E-state index in [0.717, 1.165) is 65.1 Å². The van der Waals surface area contributed by atoms with Gasteiger partial charge in [0.25, 0.3) is 5.91 Å². The smallest absolute Gasteiger partial charge is 0.308 e. The van der Waals surface area contributed by atoms with Gasteiger partial charge in [0, 0.05) is 34.5 Å². The normalized spacial score (nSPS) is 17.8. The van der Waals surface area contributed by atoms with Gasteiger partial charge in [-0.25, -0.2) is 4.98 Å². The highest BCUT2D eigenvalue weighted by Gasteiger charge is 2.45. The van der Waals surface area contributed by atoms with E-state index in [9.17, 15) is 24.3 Å². The minimum Gasteiger partial charge on any atom is -0.469 e. The molecular weight excluding hydrogens is 873 g/mol. The topological polar surface area (TPSA) is 181 Å². The summed E-state index contributed by atoms with van der Waals surface area (Å²) >= 11 is 3.21. The number of aliphatic imine (C=N–C) groups is 1. The SMILES string of the molecule is COC(=O)C[C@@H]1N=C(c2ccc(-c3cccc(C(=O)N[C@H](C(=O)N4C[C@H](O)C[C@H]4C(=O)N[C@@H](C)c4ccc(-c5scnc5C)cc4)C(C)(C)C)c3)cc2)c2c(sc(C)c2C)-n2c(C)nnc21. The van der Waals surface area contributed by atoms with Gasteiger partial charge in [-0.1, -0.05) is 81.4 Å². The van der Waals surface area contributed by atoms with Gasteiger partial charge >= 0.3 is 5.97 Å². The number of carbonyl (C=O) groups excluding carboxylic acids is 4. The number of β-amino-alcohol motifs (C(OH)–C–C–N with tert-alkyl or cyclic N) is 1. The zero-order valence-corrected chi connectivity index (χ0v) is 40.1. The van der Waals surface area contributed by atoms with Gasteiger partial charge in [-0.3, -0.25) is 28.7 Å². The monoisotopic (exact) mass is 926 g/mol. The summed E-state index contributed by atoms with van der Waals surface area (Å²) in [5.74, 6) is -0.397. The van der Waals surface area contributed by atoms with Crippen molar-refractivity contribution >= 4 is 52.1 Å². The molecule has 3 N–H and O–H groups in total. The van der Waals surface area contributed by atoms with E-state index in [1.807, 2.05) is 106 Å². The molecule has 14 nitrogen and oxygen atoms in total. The number of nitrogens with one attached hydrogen (secondary N) is 2. The van der Waals surface area contributed by atoms with Crippen LogP contribution < -0.4 is 10.6 Å². The van der Waals surface area contributed by atoms with Gasteiger partial charge in [0.1, 0.15) is 29.0 Å². The van der Waals surface area contributed by atoms with E-state index in [-0.39, 0.29) is 31.3 Å². The Labute approximate surface area is 392 Å². The van der Waals surface area contributed by atoms with Gasteiger partial charge in [0.2, 0.25) is 11.8 Å². The standard InChI is InChI=1S/C50H54N8O6S2/c1-26-29(4)66-49-41(26)42(53-38(23-40(60)64-9)45-56-55-30(5)58(45)49)33-17-15-32(16-18-33)35-11-10-12-36(21-35)46(61)54-44(50(6,7)8)48(63)57-24-37(59)22-39(57)47(62)52-27(2)31-13-19-34(20-14-31)43-28(3)51-25-65-43/h10-21,25,27,37-39,44,59H,22-24H2,1-9H3,(H,52,62)(H,54,61)/t27-,37+,38-,39-,44+/m0/s1. The molecule has 3 amide bonds. The Morgan fingerprint density at radius 3 is 2.27 bits per heavy atom. The molecular formula is C50H54N8O6S2. The number of aliphatic hydroxyl groups excluding tert-OH is 1. The lowest BCUT2D eigenvalue weighted by Gasteiger charge is -2.35. The maximum Gasteiger partial charge on any atom is 0.308 e. The summed E-state index contributed by atoms with van der Waals surface area (Å²) in [4.78, 5) is 68.1. The number of likely N-dealkylation sites (tertiary alicyclic amines) is 1. The summed E-state index contributed by atoms with van der Waals surface area (Å²) in [5.41, 5.74) is 9.57. The number of hydrogen-bond acceptors (Lipinski definition) is 12. The number of thiazole rings is 1. The average molecular weight is 927 g/mol. The fourth-order valence-electron chi connectivity index (χ4n) is 8.66. The van der Waals surface area contributed by atoms with Gasteiger partial charge in [0.15, 0.2) is 5.82 Å². The quantitative estimate of drug-likeness (QED) is 0.109. The van der Waals surface area contributed by atoms with Crippen LogP contribution >= 0.6 is 22.7 Å². The number of hydrogen-bond donors (Lipinski definition) is 3. The number of ether oxygens (including phenoxy) is 1. The van der Waals surface area contributed by atoms with E-state index in [2.05, 4.69) is 39.7 Å². The molecule has 2 aliphatic rings. The van der Waals surface area contributed by atoms with Crippen molar-refractivity contribution in [2.75, 3.05) is 13.7 Å². The van der Waals surface area contributed by atoms with Crippen LogP contribution in [0.4, 0.5) is 0 Å². The predicted octanol–water partition coefficient (Wildman–Crippen LogP) is 7.79. The molecule has 3 aromatic carbocycles. The first-order chi connectivity index (χ1) is 31.4. The molecule has 0 aliphatic carbocycles. The lowest BCUT2D eigenvalue weighted by Crippen LogP contribution is -2.57. The number of methoxy groups -OCH3 is 1. The molecule has 2 aliphatic heterocycles. The molecule has 5 heterocycles. The largest absolute Gasteiger partial charge is 0.469 e. The van der Waals surface area contributed by atoms with Gasteiger partial charge in [0.05, 0.1) is 47.5 Å². The second-order valence-electron chi connectivity index (χ2n) is 18.1. The Hall–Kier alpha value is -6.36. The summed E-state index contributed by atoms with van der Waals surface area (Å²) in [6.45, 7) is 15.4. The first kappa shape index (κ1) is 46.2. The zero-order valence-electron chi connectivity index (χ0n) is 38.5. The van der Waals surface area contributed by atoms with Crippen molar-refractivity contribution in [3.63, 3.8) is 0 Å². The van der Waals surface area contributed by atoms with Crippen LogP contribution in [-0.4, -0.2) is 91.0 Å². The Morgan fingerprint density at radius 1 is 0.909 bits per heavy atom. The Morgan fingerprint density at radius 2 is 1.61 bits per heavy atom. The molecule has 6 aromatic rings. The number of benzene rings is 3. The molecule has 0 radical (unpaired) electrons. The molecule has 0 unspecified atom stereocenters. The van der Waals surface area contributed by atoms with Gasteiger partial charge in [-0.2, -0.15) is 0 Å². The first-order valence-corrected chi connectivity index (χ1v) is 23.6. The molecule has 0 bridgehead atoms. The highest BCUT2D eigenvalue weighted by Crippen LogP contribution is 2.40. The van der Waals surface area contributed by atoms with E-state index in [4.69, 9.17) is 9.73 Å². The summed E-state index contributed by atoms with van der Waals surface area (Å²) in [5, 5.41) is 26.6. The Kier molecular flexibility index (Phi) is 12.9. The predicted molar refractivity (Wildman–Crippen MR) is 256 cm³/mol. The number of nitrogens with zero attached hydrogens (tertiary/aromatic N) is 6. The van der Waals surface area contributed by atoms with Crippen molar-refractivity contribution in [2.24, 2.45) is 10.4 Å². The minimum atomic E-state index is -1.01. The van der Waals surface area contributed by atoms with Crippen LogP contribution in [0.1, 0.15) is 107 Å². The van der Waals surface area contributed by atoms with Crippen LogP contribution in [0.15, 0.2) is 83.3 Å². The number of fused-ring (bicyclic) bond motifs is 3. The van der Waals surface area contributed by atoms with Crippen molar-refractivity contribution in [3.8, 4) is 26.6 Å². The van der Waals surface area contributed by atoms with Crippen LogP contribution in [0.25, 0.3) is 26.6 Å². The third-order valence-corrected chi connectivity index (χ3v) is 14.6. The zero-order chi connectivity index (χ0) is 47.2. The fraction of sp³-hybridized carbons (Fsp3) is 0.360. The third kappa shape index (κ3) is 9.09. The van der Waals surface area contributed by atoms with Crippen molar-refractivity contribution in [2.45, 2.75) is 98.5 Å². The van der Waals surface area contributed by atoms with E-state index in [0.29, 0.717) is 17.2 Å². The number of aryl methyl sites for hydroxylation is 3. The van der Waals surface area contributed by atoms with Gasteiger partial charge in [-0.05, 0) is 80.0 Å². The summed E-state index contributed by atoms with van der Waals surface area (Å²) < 4.78 is 7.03. The summed E-state index contributed by atoms with van der Waals surface area (Å²) in [7, 11) is 1.36. The summed E-state index contributed by atoms with van der Waals surface area (Å²) in [6.07, 6.45) is -0.820.